The molecule has 0 fully saturated rings. The van der Waals surface area contributed by atoms with Crippen LogP contribution >= 0.6 is 0 Å². The first-order chi connectivity index (χ1) is 24.3. The summed E-state index contributed by atoms with van der Waals surface area (Å²) < 4.78 is 5.26. The molecule has 0 spiro atoms. The summed E-state index contributed by atoms with van der Waals surface area (Å²) in [7, 11) is 0. The standard InChI is InChI=1S/C46H45N3/c1-3-13-27-43-39(23-11-1)41-25-15-17-29-45(41)48(43)37-31-36(47(34-19-7-5-8-20-34)35-21-9-6-10-22-35)32-38(33-37)49-44-28-14-4-2-12-24-40(44)42-26-16-18-30-46(42)49/h5-10,15-22,25-26,29-33H,1-4,11-14,23-24,27-28H2. The van der Waals surface area contributed by atoms with Gasteiger partial charge in [-0.15, -0.1) is 0 Å². The van der Waals surface area contributed by atoms with Crippen LogP contribution in [0.3, 0.4) is 0 Å². The zero-order valence-corrected chi connectivity index (χ0v) is 28.5. The molecule has 0 unspecified atom stereocenters. The van der Waals surface area contributed by atoms with Gasteiger partial charge in [-0.1, -0.05) is 98.5 Å². The molecule has 0 saturated carbocycles. The van der Waals surface area contributed by atoms with Crippen LogP contribution in [0.5, 0.6) is 0 Å². The second-order valence-corrected chi connectivity index (χ2v) is 14.1. The molecule has 9 rings (SSSR count). The fourth-order valence-electron chi connectivity index (χ4n) is 8.86. The molecule has 2 aliphatic carbocycles. The van der Waals surface area contributed by atoms with Crippen LogP contribution < -0.4 is 4.90 Å². The SMILES string of the molecule is c1ccc(N(c2ccccc2)c2cc(-n3c4c(c5ccccc53)CCCCCC4)cc(-n3c4c(c5ccccc53)CCCCCC4)c2)cc1. The van der Waals surface area contributed by atoms with Crippen LogP contribution in [0, 0.1) is 0 Å². The summed E-state index contributed by atoms with van der Waals surface area (Å²) in [6, 6.07) is 47.5. The van der Waals surface area contributed by atoms with Crippen LogP contribution in [0.25, 0.3) is 33.2 Å². The Labute approximate surface area is 290 Å². The van der Waals surface area contributed by atoms with Crippen molar-refractivity contribution in [3.8, 4) is 11.4 Å². The smallest absolute Gasteiger partial charge is 0.0534 e. The Balaban J connectivity index is 1.36. The van der Waals surface area contributed by atoms with Gasteiger partial charge in [-0.3, -0.25) is 0 Å². The van der Waals surface area contributed by atoms with Crippen LogP contribution in [0.15, 0.2) is 127 Å². The molecule has 0 N–H and O–H groups in total. The normalized spacial score (nSPS) is 15.2. The van der Waals surface area contributed by atoms with Gasteiger partial charge in [0.2, 0.25) is 0 Å². The largest absolute Gasteiger partial charge is 0.313 e. The molecule has 7 aromatic rings. The van der Waals surface area contributed by atoms with E-state index >= 15 is 0 Å². The van der Waals surface area contributed by atoms with Crippen LogP contribution in [0.1, 0.15) is 73.9 Å². The second kappa shape index (κ2) is 13.1. The molecule has 244 valence electrons. The minimum Gasteiger partial charge on any atom is -0.313 e. The quantitative estimate of drug-likeness (QED) is 0.183. The van der Waals surface area contributed by atoms with E-state index in [2.05, 4.69) is 141 Å². The number of aryl methyl sites for hydroxylation is 2. The third-order valence-corrected chi connectivity index (χ3v) is 11.0. The number of anilines is 3. The molecule has 0 bridgehead atoms. The lowest BCUT2D eigenvalue weighted by molar-refractivity contribution is 0.608. The highest BCUT2D eigenvalue weighted by molar-refractivity contribution is 5.90. The minimum absolute atomic E-state index is 1.12. The molecule has 2 aliphatic rings. The predicted molar refractivity (Wildman–Crippen MR) is 207 cm³/mol. The number of fused-ring (bicyclic) bond motifs is 6. The Morgan fingerprint density at radius 1 is 0.367 bits per heavy atom. The molecule has 0 atom stereocenters. The highest BCUT2D eigenvalue weighted by Gasteiger charge is 2.24. The zero-order chi connectivity index (χ0) is 32.6. The van der Waals surface area contributed by atoms with Crippen molar-refractivity contribution in [2.45, 2.75) is 77.0 Å². The Kier molecular flexibility index (Phi) is 8.05. The first-order valence-corrected chi connectivity index (χ1v) is 18.6. The van der Waals surface area contributed by atoms with Crippen molar-refractivity contribution < 1.29 is 0 Å². The predicted octanol–water partition coefficient (Wildman–Crippen LogP) is 12.4. The molecule has 0 saturated heterocycles. The van der Waals surface area contributed by atoms with Gasteiger partial charge in [-0.05, 0) is 117 Å². The third kappa shape index (κ3) is 5.46. The molecular weight excluding hydrogens is 595 g/mol. The summed E-state index contributed by atoms with van der Waals surface area (Å²) in [4.78, 5) is 2.44. The van der Waals surface area contributed by atoms with Crippen LogP contribution in [-0.2, 0) is 25.7 Å². The maximum absolute atomic E-state index is 2.63. The maximum atomic E-state index is 2.63. The summed E-state index contributed by atoms with van der Waals surface area (Å²) >= 11 is 0. The highest BCUT2D eigenvalue weighted by Crippen LogP contribution is 2.41. The van der Waals surface area contributed by atoms with E-state index in [1.807, 2.05) is 0 Å². The number of rotatable bonds is 5. The Hall–Kier alpha value is -5.02. The van der Waals surface area contributed by atoms with E-state index < -0.39 is 0 Å². The van der Waals surface area contributed by atoms with Gasteiger partial charge >= 0.3 is 0 Å². The van der Waals surface area contributed by atoms with E-state index in [1.165, 1.54) is 102 Å². The van der Waals surface area contributed by atoms with Gasteiger partial charge in [0.05, 0.1) is 28.1 Å². The van der Waals surface area contributed by atoms with Gasteiger partial charge in [-0.25, -0.2) is 0 Å². The lowest BCUT2D eigenvalue weighted by Gasteiger charge is -2.28. The van der Waals surface area contributed by atoms with Crippen molar-refractivity contribution in [1.29, 1.82) is 0 Å². The van der Waals surface area contributed by atoms with Gasteiger partial charge in [0.1, 0.15) is 0 Å². The lowest BCUT2D eigenvalue weighted by Crippen LogP contribution is -2.13. The van der Waals surface area contributed by atoms with E-state index in [1.54, 1.807) is 11.1 Å². The number of benzene rings is 5. The van der Waals surface area contributed by atoms with Crippen LogP contribution in [-0.4, -0.2) is 9.13 Å². The Morgan fingerprint density at radius 2 is 0.776 bits per heavy atom. The summed E-state index contributed by atoms with van der Waals surface area (Å²) in [5, 5.41) is 2.84. The van der Waals surface area contributed by atoms with Crippen molar-refractivity contribution in [2.75, 3.05) is 4.90 Å². The monoisotopic (exact) mass is 639 g/mol. The molecule has 5 aromatic carbocycles. The molecule has 2 aromatic heterocycles. The van der Waals surface area contributed by atoms with E-state index in [0.29, 0.717) is 0 Å². The highest BCUT2D eigenvalue weighted by atomic mass is 15.1. The first-order valence-electron chi connectivity index (χ1n) is 18.6. The van der Waals surface area contributed by atoms with Gasteiger partial charge in [0.15, 0.2) is 0 Å². The van der Waals surface area contributed by atoms with E-state index in [4.69, 9.17) is 0 Å². The molecular formula is C46H45N3. The number of para-hydroxylation sites is 4. The topological polar surface area (TPSA) is 13.1 Å². The van der Waals surface area contributed by atoms with Crippen LogP contribution in [0.4, 0.5) is 17.1 Å². The first kappa shape index (κ1) is 30.1. The Bertz CT molecular complexity index is 2080. The van der Waals surface area contributed by atoms with Crippen molar-refractivity contribution in [3.63, 3.8) is 0 Å². The summed E-state index contributed by atoms with van der Waals surface area (Å²) in [6.07, 6.45) is 14.8. The number of hydrogen-bond donors (Lipinski definition) is 0. The van der Waals surface area contributed by atoms with Crippen molar-refractivity contribution in [2.24, 2.45) is 0 Å². The maximum Gasteiger partial charge on any atom is 0.0534 e. The molecule has 2 heterocycles. The molecule has 3 heteroatoms. The van der Waals surface area contributed by atoms with Crippen LogP contribution in [0.2, 0.25) is 0 Å². The number of nitrogens with zero attached hydrogens (tertiary/aromatic N) is 3. The molecule has 49 heavy (non-hydrogen) atoms. The average Bonchev–Trinajstić information content (AvgIpc) is 3.59. The van der Waals surface area contributed by atoms with Gasteiger partial charge in [0, 0.05) is 33.5 Å². The van der Waals surface area contributed by atoms with E-state index in [-0.39, 0.29) is 0 Å². The second-order valence-electron chi connectivity index (χ2n) is 14.1. The molecule has 0 amide bonds. The van der Waals surface area contributed by atoms with E-state index in [9.17, 15) is 0 Å². The fourth-order valence-corrected chi connectivity index (χ4v) is 8.86. The van der Waals surface area contributed by atoms with Gasteiger partial charge in [0.25, 0.3) is 0 Å². The molecule has 3 nitrogen and oxygen atoms in total. The summed E-state index contributed by atoms with van der Waals surface area (Å²) in [5.41, 5.74) is 14.8. The summed E-state index contributed by atoms with van der Waals surface area (Å²) in [6.45, 7) is 0. The van der Waals surface area contributed by atoms with Crippen molar-refractivity contribution in [1.82, 2.24) is 9.13 Å². The average molecular weight is 640 g/mol. The summed E-state index contributed by atoms with van der Waals surface area (Å²) in [5.74, 6) is 0. The molecule has 0 aliphatic heterocycles. The van der Waals surface area contributed by atoms with Gasteiger partial charge < -0.3 is 14.0 Å². The minimum atomic E-state index is 1.12. The van der Waals surface area contributed by atoms with Crippen molar-refractivity contribution >= 4 is 38.9 Å². The zero-order valence-electron chi connectivity index (χ0n) is 28.5. The van der Waals surface area contributed by atoms with Gasteiger partial charge in [-0.2, -0.15) is 0 Å². The fraction of sp³-hybridized carbons (Fsp3) is 0.261. The van der Waals surface area contributed by atoms with Crippen molar-refractivity contribution in [3.05, 3.63) is 150 Å². The Morgan fingerprint density at radius 3 is 1.24 bits per heavy atom. The number of aromatic nitrogens is 2. The lowest BCUT2D eigenvalue weighted by atomic mass is 9.96. The number of hydrogen-bond acceptors (Lipinski definition) is 1. The third-order valence-electron chi connectivity index (χ3n) is 11.0. The van der Waals surface area contributed by atoms with E-state index in [0.717, 1.165) is 37.1 Å². The molecule has 0 radical (unpaired) electrons.